The maximum atomic E-state index is 14.0. The number of rotatable bonds is 6. The van der Waals surface area contributed by atoms with Gasteiger partial charge in [0.2, 0.25) is 0 Å². The van der Waals surface area contributed by atoms with E-state index in [1.54, 1.807) is 55.5 Å². The van der Waals surface area contributed by atoms with E-state index in [4.69, 9.17) is 0 Å². The number of fused-ring (bicyclic) bond motifs is 1. The van der Waals surface area contributed by atoms with Gasteiger partial charge in [0.25, 0.3) is 11.8 Å². The molecule has 0 spiro atoms. The number of para-hydroxylation sites is 1. The Morgan fingerprint density at radius 3 is 2.33 bits per heavy atom. The van der Waals surface area contributed by atoms with Crippen LogP contribution in [0, 0.1) is 13.8 Å². The van der Waals surface area contributed by atoms with Gasteiger partial charge in [-0.25, -0.2) is 9.50 Å². The van der Waals surface area contributed by atoms with E-state index >= 15 is 0 Å². The van der Waals surface area contributed by atoms with Crippen molar-refractivity contribution in [2.45, 2.75) is 33.5 Å². The van der Waals surface area contributed by atoms with E-state index in [1.165, 1.54) is 16.9 Å². The fourth-order valence-electron chi connectivity index (χ4n) is 4.08. The summed E-state index contributed by atoms with van der Waals surface area (Å²) in [6.45, 7) is 5.98. The van der Waals surface area contributed by atoms with E-state index in [9.17, 15) is 22.8 Å². The fourth-order valence-corrected chi connectivity index (χ4v) is 4.08. The molecule has 0 saturated heterocycles. The molecule has 3 aromatic heterocycles. The largest absolute Gasteiger partial charge is 0.433 e. The molecular weight excluding hydrogens is 523 g/mol. The first-order valence-electron chi connectivity index (χ1n) is 12.3. The molecule has 0 atom stereocenters. The van der Waals surface area contributed by atoms with E-state index in [1.807, 2.05) is 13.8 Å². The van der Waals surface area contributed by atoms with Crippen LogP contribution in [0.1, 0.15) is 44.7 Å². The molecule has 0 bridgehead atoms. The number of amides is 2. The van der Waals surface area contributed by atoms with Gasteiger partial charge in [-0.1, -0.05) is 30.3 Å². The molecule has 5 aromatic rings. The predicted molar refractivity (Wildman–Crippen MR) is 143 cm³/mol. The van der Waals surface area contributed by atoms with E-state index in [-0.39, 0.29) is 28.4 Å². The SMILES string of the molecule is CCn1cc(NC(=O)c2cc3nc(-c4ccc(C)c(C)c4)cc(C(F)(F)F)n3n2)c(C(=O)Nc2ccccc2)n1. The third-order valence-electron chi connectivity index (χ3n) is 6.33. The molecule has 0 unspecified atom stereocenters. The van der Waals surface area contributed by atoms with Gasteiger partial charge in [-0.2, -0.15) is 23.4 Å². The summed E-state index contributed by atoms with van der Waals surface area (Å²) in [5.41, 5.74) is 1.50. The number of aryl methyl sites for hydroxylation is 3. The lowest BCUT2D eigenvalue weighted by Gasteiger charge is -2.11. The zero-order chi connectivity index (χ0) is 28.6. The molecule has 2 aromatic carbocycles. The number of hydrogen-bond acceptors (Lipinski definition) is 5. The van der Waals surface area contributed by atoms with Gasteiger partial charge in [0.1, 0.15) is 0 Å². The molecule has 2 N–H and O–H groups in total. The molecule has 3 heterocycles. The quantitative estimate of drug-likeness (QED) is 0.282. The smallest absolute Gasteiger partial charge is 0.321 e. The highest BCUT2D eigenvalue weighted by Crippen LogP contribution is 2.33. The number of hydrogen-bond donors (Lipinski definition) is 2. The van der Waals surface area contributed by atoms with Crippen LogP contribution in [0.3, 0.4) is 0 Å². The number of nitrogens with zero attached hydrogens (tertiary/aromatic N) is 5. The third kappa shape index (κ3) is 5.28. The fraction of sp³-hybridized carbons (Fsp3) is 0.179. The normalized spacial score (nSPS) is 11.6. The van der Waals surface area contributed by atoms with Crippen molar-refractivity contribution >= 4 is 28.8 Å². The summed E-state index contributed by atoms with van der Waals surface area (Å²) in [5, 5.41) is 13.4. The van der Waals surface area contributed by atoms with Crippen LogP contribution in [-0.4, -0.2) is 36.2 Å². The average Bonchev–Trinajstić information content (AvgIpc) is 3.54. The molecule has 0 aliphatic carbocycles. The second kappa shape index (κ2) is 10.3. The van der Waals surface area contributed by atoms with Crippen LogP contribution in [0.4, 0.5) is 24.5 Å². The number of nitrogens with one attached hydrogen (secondary N) is 2. The first kappa shape index (κ1) is 26.6. The van der Waals surface area contributed by atoms with Gasteiger partial charge in [0.05, 0.1) is 11.4 Å². The van der Waals surface area contributed by atoms with Gasteiger partial charge in [0, 0.05) is 30.1 Å². The average molecular weight is 548 g/mol. The van der Waals surface area contributed by atoms with Crippen molar-refractivity contribution < 1.29 is 22.8 Å². The monoisotopic (exact) mass is 547 g/mol. The lowest BCUT2D eigenvalue weighted by atomic mass is 10.0. The second-order valence-electron chi connectivity index (χ2n) is 9.14. The Labute approximate surface area is 226 Å². The minimum absolute atomic E-state index is 0.0612. The van der Waals surface area contributed by atoms with Crippen molar-refractivity contribution in [3.05, 3.63) is 95.1 Å². The second-order valence-corrected chi connectivity index (χ2v) is 9.14. The Morgan fingerprint density at radius 1 is 0.900 bits per heavy atom. The number of halogens is 3. The van der Waals surface area contributed by atoms with Crippen LogP contribution in [0.5, 0.6) is 0 Å². The topological polar surface area (TPSA) is 106 Å². The number of benzene rings is 2. The highest BCUT2D eigenvalue weighted by atomic mass is 19.4. The molecule has 0 fully saturated rings. The lowest BCUT2D eigenvalue weighted by Crippen LogP contribution is -2.18. The molecule has 0 saturated carbocycles. The standard InChI is InChI=1S/C28H24F3N7O2/c1-4-37-15-22(25(36-37)27(40)32-19-8-6-5-7-9-19)34-26(39)21-14-24-33-20(18-11-10-16(2)17(3)12-18)13-23(28(29,30)31)38(24)35-21/h5-15H,4H2,1-3H3,(H,32,40)(H,34,39). The van der Waals surface area contributed by atoms with Crippen LogP contribution in [0.15, 0.2) is 66.9 Å². The Hall–Kier alpha value is -5.00. The third-order valence-corrected chi connectivity index (χ3v) is 6.33. The number of anilines is 2. The van der Waals surface area contributed by atoms with Crippen LogP contribution < -0.4 is 10.6 Å². The molecule has 2 amide bonds. The van der Waals surface area contributed by atoms with Crippen LogP contribution in [0.25, 0.3) is 16.9 Å². The van der Waals surface area contributed by atoms with Gasteiger partial charge < -0.3 is 10.6 Å². The van der Waals surface area contributed by atoms with Crippen LogP contribution in [0.2, 0.25) is 0 Å². The van der Waals surface area contributed by atoms with Crippen molar-refractivity contribution in [2.75, 3.05) is 10.6 Å². The summed E-state index contributed by atoms with van der Waals surface area (Å²) < 4.78 is 44.1. The van der Waals surface area contributed by atoms with Crippen molar-refractivity contribution in [1.82, 2.24) is 24.4 Å². The minimum atomic E-state index is -4.76. The van der Waals surface area contributed by atoms with Crippen LogP contribution in [-0.2, 0) is 12.7 Å². The molecule has 0 radical (unpaired) electrons. The molecule has 204 valence electrons. The molecular formula is C28H24F3N7O2. The zero-order valence-electron chi connectivity index (χ0n) is 21.7. The van der Waals surface area contributed by atoms with E-state index in [2.05, 4.69) is 25.8 Å². The number of alkyl halides is 3. The summed E-state index contributed by atoms with van der Waals surface area (Å²) in [6.07, 6.45) is -3.30. The molecule has 9 nitrogen and oxygen atoms in total. The van der Waals surface area contributed by atoms with E-state index in [0.29, 0.717) is 22.3 Å². The van der Waals surface area contributed by atoms with E-state index < -0.39 is 23.7 Å². The van der Waals surface area contributed by atoms with Gasteiger partial charge in [-0.05, 0) is 56.2 Å². The number of aromatic nitrogens is 5. The van der Waals surface area contributed by atoms with Crippen molar-refractivity contribution in [2.24, 2.45) is 0 Å². The van der Waals surface area contributed by atoms with Crippen molar-refractivity contribution in [3.8, 4) is 11.3 Å². The van der Waals surface area contributed by atoms with Gasteiger partial charge in [-0.15, -0.1) is 0 Å². The Kier molecular flexibility index (Phi) is 6.84. The first-order valence-corrected chi connectivity index (χ1v) is 12.3. The molecule has 0 aliphatic rings. The minimum Gasteiger partial charge on any atom is -0.321 e. The molecule has 40 heavy (non-hydrogen) atoms. The van der Waals surface area contributed by atoms with Crippen molar-refractivity contribution in [1.29, 1.82) is 0 Å². The number of carbonyl (C=O) groups excluding carboxylic acids is 2. The molecule has 12 heteroatoms. The van der Waals surface area contributed by atoms with Gasteiger partial charge >= 0.3 is 6.18 Å². The Morgan fingerprint density at radius 2 is 1.65 bits per heavy atom. The Balaban J connectivity index is 1.50. The van der Waals surface area contributed by atoms with Crippen molar-refractivity contribution in [3.63, 3.8) is 0 Å². The molecule has 0 aliphatic heterocycles. The summed E-state index contributed by atoms with van der Waals surface area (Å²) >= 11 is 0. The maximum absolute atomic E-state index is 14.0. The first-order chi connectivity index (χ1) is 19.0. The summed E-state index contributed by atoms with van der Waals surface area (Å²) in [7, 11) is 0. The zero-order valence-corrected chi connectivity index (χ0v) is 21.7. The number of carbonyl (C=O) groups is 2. The highest BCUT2D eigenvalue weighted by molar-refractivity contribution is 6.11. The maximum Gasteiger partial charge on any atom is 0.433 e. The summed E-state index contributed by atoms with van der Waals surface area (Å²) in [6, 6.07) is 16.0. The predicted octanol–water partition coefficient (Wildman–Crippen LogP) is 5.75. The summed E-state index contributed by atoms with van der Waals surface area (Å²) in [5.74, 6) is -1.39. The lowest BCUT2D eigenvalue weighted by molar-refractivity contribution is -0.142. The summed E-state index contributed by atoms with van der Waals surface area (Å²) in [4.78, 5) is 30.4. The van der Waals surface area contributed by atoms with Gasteiger partial charge in [-0.3, -0.25) is 14.3 Å². The molecule has 5 rings (SSSR count). The van der Waals surface area contributed by atoms with E-state index in [0.717, 1.165) is 17.2 Å². The van der Waals surface area contributed by atoms with Crippen LogP contribution >= 0.6 is 0 Å². The Bertz CT molecular complexity index is 1740. The highest BCUT2D eigenvalue weighted by Gasteiger charge is 2.36. The van der Waals surface area contributed by atoms with Gasteiger partial charge in [0.15, 0.2) is 22.7 Å².